The molecule has 0 spiro atoms. The molecule has 30 heavy (non-hydrogen) atoms. The average Bonchev–Trinajstić information content (AvgIpc) is 3.42. The molecule has 1 saturated heterocycles. The Morgan fingerprint density at radius 2 is 1.73 bits per heavy atom. The molecule has 11 heteroatoms. The van der Waals surface area contributed by atoms with Crippen LogP contribution < -0.4 is 5.32 Å². The standard InChI is InChI=1S/C17H19FN4O2.C2H2O4/c18-14-5-1-11(2-6-14)7-19-15(23)10-22-8-13(9-22)17-20-16(21-24-17)12-3-4-12;3-1(4)2(5)6/h1-2,5-6,12-13H,3-4,7-10H2,(H,19,23);(H,3,4)(H,5,6). The number of carbonyl (C=O) groups is 3. The van der Waals surface area contributed by atoms with E-state index in [-0.39, 0.29) is 17.6 Å². The molecule has 2 aliphatic rings. The Kier molecular flexibility index (Phi) is 6.72. The molecular formula is C19H21FN4O6. The fraction of sp³-hybridized carbons (Fsp3) is 0.421. The van der Waals surface area contributed by atoms with Crippen molar-refractivity contribution in [2.75, 3.05) is 19.6 Å². The first-order valence-corrected chi connectivity index (χ1v) is 9.35. The number of nitrogens with zero attached hydrogens (tertiary/aromatic N) is 3. The highest BCUT2D eigenvalue weighted by Gasteiger charge is 2.35. The number of halogens is 1. The molecule has 1 aromatic carbocycles. The smallest absolute Gasteiger partial charge is 0.414 e. The molecule has 0 radical (unpaired) electrons. The number of hydrogen-bond acceptors (Lipinski definition) is 7. The third kappa shape index (κ3) is 6.08. The molecule has 10 nitrogen and oxygen atoms in total. The average molecular weight is 420 g/mol. The Bertz CT molecular complexity index is 894. The van der Waals surface area contributed by atoms with Crippen LogP contribution in [0.25, 0.3) is 0 Å². The number of nitrogens with one attached hydrogen (secondary N) is 1. The van der Waals surface area contributed by atoms with Crippen molar-refractivity contribution in [2.45, 2.75) is 31.2 Å². The molecule has 160 valence electrons. The number of likely N-dealkylation sites (tertiary alicyclic amines) is 1. The van der Waals surface area contributed by atoms with Crippen molar-refractivity contribution in [1.82, 2.24) is 20.4 Å². The Morgan fingerprint density at radius 1 is 1.10 bits per heavy atom. The first-order valence-electron chi connectivity index (χ1n) is 9.35. The van der Waals surface area contributed by atoms with Gasteiger partial charge in [-0.05, 0) is 30.5 Å². The molecule has 1 aliphatic heterocycles. The number of carboxylic acid groups (broad SMARTS) is 2. The Morgan fingerprint density at radius 3 is 2.30 bits per heavy atom. The second-order valence-corrected chi connectivity index (χ2v) is 7.17. The molecule has 0 atom stereocenters. The second kappa shape index (κ2) is 9.44. The van der Waals surface area contributed by atoms with Crippen LogP contribution >= 0.6 is 0 Å². The van der Waals surface area contributed by atoms with E-state index in [1.54, 1.807) is 12.1 Å². The van der Waals surface area contributed by atoms with Gasteiger partial charge in [0.05, 0.1) is 12.5 Å². The fourth-order valence-electron chi connectivity index (χ4n) is 2.84. The van der Waals surface area contributed by atoms with Crippen LogP contribution in [0.5, 0.6) is 0 Å². The summed E-state index contributed by atoms with van der Waals surface area (Å²) in [6.07, 6.45) is 2.31. The fourth-order valence-corrected chi connectivity index (χ4v) is 2.84. The highest BCUT2D eigenvalue weighted by Crippen LogP contribution is 2.39. The number of hydrogen-bond donors (Lipinski definition) is 3. The molecular weight excluding hydrogens is 399 g/mol. The minimum atomic E-state index is -1.82. The molecule has 2 aromatic rings. The molecule has 4 rings (SSSR count). The van der Waals surface area contributed by atoms with E-state index in [4.69, 9.17) is 24.3 Å². The Labute approximate surface area is 170 Å². The Balaban J connectivity index is 0.000000377. The monoisotopic (exact) mass is 420 g/mol. The van der Waals surface area contributed by atoms with Crippen LogP contribution in [-0.2, 0) is 20.9 Å². The van der Waals surface area contributed by atoms with Crippen LogP contribution in [0.1, 0.15) is 42.0 Å². The summed E-state index contributed by atoms with van der Waals surface area (Å²) in [5.74, 6) is -1.71. The predicted octanol–water partition coefficient (Wildman–Crippen LogP) is 0.957. The van der Waals surface area contributed by atoms with E-state index in [0.29, 0.717) is 24.9 Å². The second-order valence-electron chi connectivity index (χ2n) is 7.17. The number of carboxylic acids is 2. The van der Waals surface area contributed by atoms with Gasteiger partial charge in [-0.25, -0.2) is 14.0 Å². The van der Waals surface area contributed by atoms with Gasteiger partial charge < -0.3 is 20.1 Å². The molecule has 2 heterocycles. The molecule has 2 fully saturated rings. The first-order chi connectivity index (χ1) is 14.3. The van der Waals surface area contributed by atoms with Crippen molar-refractivity contribution in [2.24, 2.45) is 0 Å². The van der Waals surface area contributed by atoms with Gasteiger partial charge in [0.15, 0.2) is 5.82 Å². The van der Waals surface area contributed by atoms with Crippen LogP contribution in [0.3, 0.4) is 0 Å². The van der Waals surface area contributed by atoms with Crippen molar-refractivity contribution in [1.29, 1.82) is 0 Å². The molecule has 0 unspecified atom stereocenters. The van der Waals surface area contributed by atoms with E-state index in [2.05, 4.69) is 15.5 Å². The SMILES string of the molecule is O=C(CN1CC(c2nc(C3CC3)no2)C1)NCc1ccc(F)cc1.O=C(O)C(=O)O. The number of amides is 1. The number of aliphatic carboxylic acids is 2. The molecule has 1 saturated carbocycles. The van der Waals surface area contributed by atoms with Crippen molar-refractivity contribution < 1.29 is 33.5 Å². The minimum Gasteiger partial charge on any atom is -0.473 e. The van der Waals surface area contributed by atoms with Gasteiger partial charge in [-0.3, -0.25) is 9.69 Å². The van der Waals surface area contributed by atoms with E-state index in [0.717, 1.165) is 37.3 Å². The molecule has 1 aromatic heterocycles. The lowest BCUT2D eigenvalue weighted by Gasteiger charge is -2.36. The van der Waals surface area contributed by atoms with E-state index in [9.17, 15) is 9.18 Å². The third-order valence-electron chi connectivity index (χ3n) is 4.66. The highest BCUT2D eigenvalue weighted by atomic mass is 19.1. The normalized spacial score (nSPS) is 16.2. The largest absolute Gasteiger partial charge is 0.473 e. The highest BCUT2D eigenvalue weighted by molar-refractivity contribution is 6.27. The summed E-state index contributed by atoms with van der Waals surface area (Å²) < 4.78 is 18.1. The predicted molar refractivity (Wildman–Crippen MR) is 99.0 cm³/mol. The summed E-state index contributed by atoms with van der Waals surface area (Å²) in [6, 6.07) is 6.12. The molecule has 1 aliphatic carbocycles. The van der Waals surface area contributed by atoms with E-state index in [1.165, 1.54) is 12.1 Å². The zero-order valence-electron chi connectivity index (χ0n) is 16.0. The summed E-state index contributed by atoms with van der Waals surface area (Å²) in [7, 11) is 0. The lowest BCUT2D eigenvalue weighted by Crippen LogP contribution is -2.49. The Hall–Kier alpha value is -3.34. The van der Waals surface area contributed by atoms with Gasteiger partial charge >= 0.3 is 11.9 Å². The first kappa shape index (κ1) is 21.4. The maximum atomic E-state index is 12.8. The summed E-state index contributed by atoms with van der Waals surface area (Å²) >= 11 is 0. The lowest BCUT2D eigenvalue weighted by molar-refractivity contribution is -0.159. The molecule has 0 bridgehead atoms. The minimum absolute atomic E-state index is 0.0398. The summed E-state index contributed by atoms with van der Waals surface area (Å²) in [5.41, 5.74) is 0.879. The van der Waals surface area contributed by atoms with E-state index >= 15 is 0 Å². The van der Waals surface area contributed by atoms with Gasteiger partial charge in [-0.2, -0.15) is 4.98 Å². The topological polar surface area (TPSA) is 146 Å². The maximum Gasteiger partial charge on any atom is 0.414 e. The van der Waals surface area contributed by atoms with Crippen LogP contribution in [0, 0.1) is 5.82 Å². The van der Waals surface area contributed by atoms with E-state index < -0.39 is 11.9 Å². The lowest BCUT2D eigenvalue weighted by atomic mass is 10.0. The number of benzene rings is 1. The van der Waals surface area contributed by atoms with Crippen LogP contribution in [0.15, 0.2) is 28.8 Å². The van der Waals surface area contributed by atoms with Crippen LogP contribution in [-0.4, -0.2) is 62.7 Å². The van der Waals surface area contributed by atoms with Gasteiger partial charge in [-0.1, -0.05) is 17.3 Å². The van der Waals surface area contributed by atoms with Gasteiger partial charge in [0.2, 0.25) is 11.8 Å². The zero-order valence-corrected chi connectivity index (χ0v) is 16.0. The quantitative estimate of drug-likeness (QED) is 0.582. The maximum absolute atomic E-state index is 12.8. The molecule has 1 amide bonds. The van der Waals surface area contributed by atoms with Gasteiger partial charge in [0.1, 0.15) is 5.82 Å². The van der Waals surface area contributed by atoms with Crippen molar-refractivity contribution in [3.05, 3.63) is 47.4 Å². The van der Waals surface area contributed by atoms with Crippen molar-refractivity contribution in [3.63, 3.8) is 0 Å². The van der Waals surface area contributed by atoms with Crippen molar-refractivity contribution >= 4 is 17.8 Å². The summed E-state index contributed by atoms with van der Waals surface area (Å²) in [6.45, 7) is 2.28. The number of aromatic nitrogens is 2. The van der Waals surface area contributed by atoms with Crippen LogP contribution in [0.4, 0.5) is 4.39 Å². The summed E-state index contributed by atoms with van der Waals surface area (Å²) in [4.78, 5) is 36.7. The number of carbonyl (C=O) groups excluding carboxylic acids is 1. The third-order valence-corrected chi connectivity index (χ3v) is 4.66. The van der Waals surface area contributed by atoms with E-state index in [1.807, 2.05) is 4.90 Å². The molecule has 3 N–H and O–H groups in total. The summed E-state index contributed by atoms with van der Waals surface area (Å²) in [5, 5.41) is 21.7. The van der Waals surface area contributed by atoms with Gasteiger partial charge in [0, 0.05) is 25.6 Å². The van der Waals surface area contributed by atoms with Crippen LogP contribution in [0.2, 0.25) is 0 Å². The van der Waals surface area contributed by atoms with Gasteiger partial charge in [-0.15, -0.1) is 0 Å². The van der Waals surface area contributed by atoms with Crippen molar-refractivity contribution in [3.8, 4) is 0 Å². The van der Waals surface area contributed by atoms with Gasteiger partial charge in [0.25, 0.3) is 0 Å². The number of rotatable bonds is 6. The zero-order chi connectivity index (χ0) is 21.7.